The van der Waals surface area contributed by atoms with Crippen LogP contribution in [0.25, 0.3) is 0 Å². The first-order valence-corrected chi connectivity index (χ1v) is 5.34. The van der Waals surface area contributed by atoms with Crippen LogP contribution in [-0.4, -0.2) is 12.6 Å². The molecule has 0 aliphatic carbocycles. The molecular formula is C13H22O2. The lowest BCUT2D eigenvalue weighted by atomic mass is 10.1. The predicted octanol–water partition coefficient (Wildman–Crippen LogP) is 3.65. The summed E-state index contributed by atoms with van der Waals surface area (Å²) < 4.78 is 4.82. The molecule has 0 rings (SSSR count). The molecule has 0 atom stereocenters. The lowest BCUT2D eigenvalue weighted by Crippen LogP contribution is -2.04. The monoisotopic (exact) mass is 210 g/mol. The summed E-state index contributed by atoms with van der Waals surface area (Å²) in [5.41, 5.74) is 0.913. The van der Waals surface area contributed by atoms with Crippen molar-refractivity contribution in [3.05, 3.63) is 36.5 Å². The Morgan fingerprint density at radius 2 is 2.00 bits per heavy atom. The van der Waals surface area contributed by atoms with Crippen LogP contribution < -0.4 is 0 Å². The zero-order valence-electron chi connectivity index (χ0n) is 10.2. The third-order valence-corrected chi connectivity index (χ3v) is 1.37. The third-order valence-electron chi connectivity index (χ3n) is 1.37. The summed E-state index contributed by atoms with van der Waals surface area (Å²) in [4.78, 5) is 11.1. The summed E-state index contributed by atoms with van der Waals surface area (Å²) in [7, 11) is 0. The van der Waals surface area contributed by atoms with Gasteiger partial charge in [-0.1, -0.05) is 44.7 Å². The van der Waals surface area contributed by atoms with Crippen LogP contribution >= 0.6 is 0 Å². The number of carbonyl (C=O) groups excluding carboxylic acids is 1. The highest BCUT2D eigenvalue weighted by Gasteiger charge is 2.02. The van der Waals surface area contributed by atoms with Crippen molar-refractivity contribution in [2.75, 3.05) is 6.61 Å². The number of allylic oxidation sites excluding steroid dienone is 4. The summed E-state index contributed by atoms with van der Waals surface area (Å²) >= 11 is 0. The number of carbonyl (C=O) groups is 1. The molecule has 2 heteroatoms. The second kappa shape index (κ2) is 12.7. The summed E-state index contributed by atoms with van der Waals surface area (Å²) in [5, 5.41) is 0. The van der Waals surface area contributed by atoms with Crippen molar-refractivity contribution in [2.24, 2.45) is 0 Å². The minimum atomic E-state index is -0.200. The molecule has 0 aliphatic rings. The first kappa shape index (κ1) is 16.1. The Morgan fingerprint density at radius 1 is 1.40 bits per heavy atom. The van der Waals surface area contributed by atoms with Gasteiger partial charge in [-0.25, -0.2) is 0 Å². The molecule has 0 heterocycles. The highest BCUT2D eigenvalue weighted by atomic mass is 16.5. The minimum absolute atomic E-state index is 0.200. The molecule has 0 bridgehead atoms. The van der Waals surface area contributed by atoms with Crippen molar-refractivity contribution < 1.29 is 9.53 Å². The average molecular weight is 210 g/mol. The standard InChI is InChI=1S/C11H16O2.C2H6/c1-4-7-10(8-5-2)9-11(12)13-6-3;1-2/h4-5,7-8H,1,6,9H2,2-3H3;1-2H3/b8-5-,10-7+;. The van der Waals surface area contributed by atoms with E-state index in [4.69, 9.17) is 4.74 Å². The fourth-order valence-corrected chi connectivity index (χ4v) is 0.918. The Kier molecular flexibility index (Phi) is 13.6. The number of esters is 1. The summed E-state index contributed by atoms with van der Waals surface area (Å²) in [5.74, 6) is -0.200. The lowest BCUT2D eigenvalue weighted by molar-refractivity contribution is -0.142. The normalized spacial score (nSPS) is 10.5. The Balaban J connectivity index is 0. The quantitative estimate of drug-likeness (QED) is 0.511. The van der Waals surface area contributed by atoms with Gasteiger partial charge in [0.1, 0.15) is 0 Å². The fraction of sp³-hybridized carbons (Fsp3) is 0.462. The zero-order chi connectivity index (χ0) is 12.1. The van der Waals surface area contributed by atoms with Gasteiger partial charge in [0.25, 0.3) is 0 Å². The van der Waals surface area contributed by atoms with Gasteiger partial charge in [-0.05, 0) is 19.4 Å². The molecule has 0 saturated heterocycles. The molecule has 0 aromatic carbocycles. The SMILES string of the molecule is C=C/C=C(\C=C/C)CC(=O)OCC.CC. The molecule has 0 N–H and O–H groups in total. The Morgan fingerprint density at radius 3 is 2.40 bits per heavy atom. The van der Waals surface area contributed by atoms with E-state index in [1.54, 1.807) is 19.1 Å². The van der Waals surface area contributed by atoms with E-state index >= 15 is 0 Å². The van der Waals surface area contributed by atoms with E-state index in [-0.39, 0.29) is 5.97 Å². The first-order chi connectivity index (χ1) is 7.24. The van der Waals surface area contributed by atoms with Crippen LogP contribution in [0, 0.1) is 0 Å². The molecule has 0 aromatic rings. The molecule has 15 heavy (non-hydrogen) atoms. The van der Waals surface area contributed by atoms with Crippen LogP contribution in [-0.2, 0) is 9.53 Å². The fourth-order valence-electron chi connectivity index (χ4n) is 0.918. The van der Waals surface area contributed by atoms with Crippen LogP contribution in [0.2, 0.25) is 0 Å². The molecule has 0 amide bonds. The lowest BCUT2D eigenvalue weighted by Gasteiger charge is -2.01. The largest absolute Gasteiger partial charge is 0.466 e. The van der Waals surface area contributed by atoms with Gasteiger partial charge >= 0.3 is 5.97 Å². The van der Waals surface area contributed by atoms with Gasteiger partial charge in [0.05, 0.1) is 13.0 Å². The molecule has 0 spiro atoms. The van der Waals surface area contributed by atoms with E-state index in [1.165, 1.54) is 0 Å². The van der Waals surface area contributed by atoms with Crippen LogP contribution in [0.3, 0.4) is 0 Å². The van der Waals surface area contributed by atoms with E-state index in [0.717, 1.165) is 5.57 Å². The first-order valence-electron chi connectivity index (χ1n) is 5.34. The van der Waals surface area contributed by atoms with Crippen LogP contribution in [0.15, 0.2) is 36.5 Å². The molecule has 2 nitrogen and oxygen atoms in total. The van der Waals surface area contributed by atoms with Crippen molar-refractivity contribution in [1.82, 2.24) is 0 Å². The van der Waals surface area contributed by atoms with Gasteiger partial charge in [0.2, 0.25) is 0 Å². The second-order valence-electron chi connectivity index (χ2n) is 2.46. The summed E-state index contributed by atoms with van der Waals surface area (Å²) in [6.07, 6.45) is 7.53. The Bertz CT molecular complexity index is 225. The second-order valence-corrected chi connectivity index (χ2v) is 2.46. The van der Waals surface area contributed by atoms with Gasteiger partial charge in [0.15, 0.2) is 0 Å². The van der Waals surface area contributed by atoms with E-state index in [9.17, 15) is 4.79 Å². The van der Waals surface area contributed by atoms with Gasteiger partial charge in [-0.2, -0.15) is 0 Å². The highest BCUT2D eigenvalue weighted by Crippen LogP contribution is 2.05. The zero-order valence-corrected chi connectivity index (χ0v) is 10.2. The smallest absolute Gasteiger partial charge is 0.310 e. The van der Waals surface area contributed by atoms with E-state index in [2.05, 4.69) is 6.58 Å². The number of rotatable bonds is 5. The van der Waals surface area contributed by atoms with Crippen molar-refractivity contribution in [1.29, 1.82) is 0 Å². The number of hydrogen-bond acceptors (Lipinski definition) is 2. The van der Waals surface area contributed by atoms with Crippen LogP contribution in [0.5, 0.6) is 0 Å². The van der Waals surface area contributed by atoms with Gasteiger partial charge in [-0.3, -0.25) is 4.79 Å². The van der Waals surface area contributed by atoms with Crippen LogP contribution in [0.4, 0.5) is 0 Å². The topological polar surface area (TPSA) is 26.3 Å². The van der Waals surface area contributed by atoms with Gasteiger partial charge in [0, 0.05) is 0 Å². The highest BCUT2D eigenvalue weighted by molar-refractivity contribution is 5.73. The maximum Gasteiger partial charge on any atom is 0.310 e. The maximum atomic E-state index is 11.1. The van der Waals surface area contributed by atoms with Crippen LogP contribution in [0.1, 0.15) is 34.1 Å². The molecule has 0 aromatic heterocycles. The van der Waals surface area contributed by atoms with E-state index in [1.807, 2.05) is 32.9 Å². The van der Waals surface area contributed by atoms with Crippen molar-refractivity contribution in [3.8, 4) is 0 Å². The molecule has 86 valence electrons. The molecule has 0 unspecified atom stereocenters. The van der Waals surface area contributed by atoms with Crippen molar-refractivity contribution in [2.45, 2.75) is 34.1 Å². The molecule has 0 aliphatic heterocycles. The van der Waals surface area contributed by atoms with Gasteiger partial charge < -0.3 is 4.74 Å². The molecule has 0 saturated carbocycles. The minimum Gasteiger partial charge on any atom is -0.466 e. The predicted molar refractivity (Wildman–Crippen MR) is 65.7 cm³/mol. The Hall–Kier alpha value is -1.31. The molecule has 0 fully saturated rings. The Labute approximate surface area is 93.3 Å². The maximum absolute atomic E-state index is 11.1. The molecule has 0 radical (unpaired) electrons. The van der Waals surface area contributed by atoms with Crippen molar-refractivity contribution >= 4 is 5.97 Å². The van der Waals surface area contributed by atoms with Gasteiger partial charge in [-0.15, -0.1) is 0 Å². The van der Waals surface area contributed by atoms with E-state index < -0.39 is 0 Å². The number of hydrogen-bond donors (Lipinski definition) is 0. The van der Waals surface area contributed by atoms with E-state index in [0.29, 0.717) is 13.0 Å². The summed E-state index contributed by atoms with van der Waals surface area (Å²) in [6, 6.07) is 0. The third kappa shape index (κ3) is 10.6. The molecular weight excluding hydrogens is 188 g/mol. The van der Waals surface area contributed by atoms with Crippen molar-refractivity contribution in [3.63, 3.8) is 0 Å². The summed E-state index contributed by atoms with van der Waals surface area (Å²) in [6.45, 7) is 11.7. The number of ether oxygens (including phenoxy) is 1. The average Bonchev–Trinajstić information content (AvgIpc) is 2.22.